The summed E-state index contributed by atoms with van der Waals surface area (Å²) in [5.74, 6) is -0.826. The van der Waals surface area contributed by atoms with Gasteiger partial charge in [0.2, 0.25) is 0 Å². The third kappa shape index (κ3) is 3.01. The Balaban J connectivity index is 2.52. The molecule has 104 valence electrons. The summed E-state index contributed by atoms with van der Waals surface area (Å²) in [6.45, 7) is 3.49. The van der Waals surface area contributed by atoms with Crippen molar-refractivity contribution >= 4 is 21.9 Å². The van der Waals surface area contributed by atoms with Gasteiger partial charge >= 0.3 is 5.97 Å². The number of aliphatic carboxylic acids is 1. The molecule has 2 rings (SSSR count). The SMILES string of the molecule is Cc1nc(-c2ccc(F)cc2Br)nc(C)c1CC(=O)O. The molecule has 0 spiro atoms. The van der Waals surface area contributed by atoms with E-state index in [1.54, 1.807) is 19.9 Å². The van der Waals surface area contributed by atoms with Crippen LogP contribution in [0.4, 0.5) is 4.39 Å². The van der Waals surface area contributed by atoms with E-state index in [2.05, 4.69) is 25.9 Å². The van der Waals surface area contributed by atoms with Gasteiger partial charge in [0.1, 0.15) is 5.82 Å². The number of hydrogen-bond donors (Lipinski definition) is 1. The quantitative estimate of drug-likeness (QED) is 0.932. The van der Waals surface area contributed by atoms with Crippen molar-refractivity contribution in [3.63, 3.8) is 0 Å². The highest BCUT2D eigenvalue weighted by molar-refractivity contribution is 9.10. The fourth-order valence-corrected chi connectivity index (χ4v) is 2.47. The standard InChI is InChI=1S/C14H12BrFN2O2/c1-7-11(6-13(19)20)8(2)18-14(17-7)10-4-3-9(16)5-12(10)15/h3-5H,6H2,1-2H3,(H,19,20). The first-order valence-electron chi connectivity index (χ1n) is 5.90. The molecule has 0 bridgehead atoms. The second kappa shape index (κ2) is 5.66. The van der Waals surface area contributed by atoms with Crippen LogP contribution in [-0.4, -0.2) is 21.0 Å². The number of aryl methyl sites for hydroxylation is 2. The average molecular weight is 339 g/mol. The van der Waals surface area contributed by atoms with E-state index in [1.165, 1.54) is 12.1 Å². The number of benzene rings is 1. The maximum atomic E-state index is 13.1. The second-order valence-corrected chi connectivity index (χ2v) is 5.25. The summed E-state index contributed by atoms with van der Waals surface area (Å²) in [6.07, 6.45) is -0.109. The van der Waals surface area contributed by atoms with Crippen LogP contribution in [0.2, 0.25) is 0 Å². The van der Waals surface area contributed by atoms with Crippen LogP contribution in [0, 0.1) is 19.7 Å². The van der Waals surface area contributed by atoms with E-state index in [0.29, 0.717) is 32.8 Å². The van der Waals surface area contributed by atoms with Crippen molar-refractivity contribution in [3.8, 4) is 11.4 Å². The molecule has 1 heterocycles. The maximum Gasteiger partial charge on any atom is 0.307 e. The zero-order valence-electron chi connectivity index (χ0n) is 10.9. The molecule has 20 heavy (non-hydrogen) atoms. The number of halogens is 2. The van der Waals surface area contributed by atoms with Gasteiger partial charge in [0.25, 0.3) is 0 Å². The highest BCUT2D eigenvalue weighted by Crippen LogP contribution is 2.27. The molecule has 4 nitrogen and oxygen atoms in total. The molecule has 0 aliphatic rings. The highest BCUT2D eigenvalue weighted by atomic mass is 79.9. The third-order valence-corrected chi connectivity index (χ3v) is 3.58. The molecule has 0 fully saturated rings. The lowest BCUT2D eigenvalue weighted by Gasteiger charge is -2.10. The summed E-state index contributed by atoms with van der Waals surface area (Å²) in [5, 5.41) is 8.87. The lowest BCUT2D eigenvalue weighted by Crippen LogP contribution is -2.08. The van der Waals surface area contributed by atoms with Crippen LogP contribution >= 0.6 is 15.9 Å². The van der Waals surface area contributed by atoms with Crippen molar-refractivity contribution in [1.29, 1.82) is 0 Å². The van der Waals surface area contributed by atoms with Gasteiger partial charge < -0.3 is 5.11 Å². The number of nitrogens with zero attached hydrogens (tertiary/aromatic N) is 2. The first-order chi connectivity index (χ1) is 9.38. The zero-order chi connectivity index (χ0) is 14.9. The Kier molecular flexibility index (Phi) is 4.13. The van der Waals surface area contributed by atoms with Crippen molar-refractivity contribution in [2.75, 3.05) is 0 Å². The first kappa shape index (κ1) is 14.6. The lowest BCUT2D eigenvalue weighted by molar-refractivity contribution is -0.136. The number of carboxylic acid groups (broad SMARTS) is 1. The summed E-state index contributed by atoms with van der Waals surface area (Å²) >= 11 is 3.28. The van der Waals surface area contributed by atoms with Gasteiger partial charge in [0.15, 0.2) is 5.82 Å². The summed E-state index contributed by atoms with van der Waals surface area (Å²) in [6, 6.07) is 4.26. The Bertz CT molecular complexity index is 666. The van der Waals surface area contributed by atoms with E-state index in [4.69, 9.17) is 5.11 Å². The Morgan fingerprint density at radius 1 is 1.30 bits per heavy atom. The molecule has 0 saturated carbocycles. The second-order valence-electron chi connectivity index (χ2n) is 4.39. The van der Waals surface area contributed by atoms with Crippen LogP contribution in [-0.2, 0) is 11.2 Å². The molecular formula is C14H12BrFN2O2. The monoisotopic (exact) mass is 338 g/mol. The minimum Gasteiger partial charge on any atom is -0.481 e. The zero-order valence-corrected chi connectivity index (χ0v) is 12.5. The third-order valence-electron chi connectivity index (χ3n) is 2.92. The number of carboxylic acids is 1. The van der Waals surface area contributed by atoms with E-state index in [-0.39, 0.29) is 12.2 Å². The van der Waals surface area contributed by atoms with Crippen LogP contribution in [0.25, 0.3) is 11.4 Å². The fraction of sp³-hybridized carbons (Fsp3) is 0.214. The van der Waals surface area contributed by atoms with E-state index < -0.39 is 5.97 Å². The van der Waals surface area contributed by atoms with Gasteiger partial charge in [-0.1, -0.05) is 0 Å². The molecule has 1 aromatic carbocycles. The van der Waals surface area contributed by atoms with Gasteiger partial charge in [0.05, 0.1) is 6.42 Å². The lowest BCUT2D eigenvalue weighted by atomic mass is 10.1. The Morgan fingerprint density at radius 2 is 1.90 bits per heavy atom. The van der Waals surface area contributed by atoms with E-state index in [1.807, 2.05) is 0 Å². The normalized spacial score (nSPS) is 10.6. The maximum absolute atomic E-state index is 13.1. The highest BCUT2D eigenvalue weighted by Gasteiger charge is 2.14. The molecule has 0 aliphatic carbocycles. The minimum absolute atomic E-state index is 0.109. The number of rotatable bonds is 3. The van der Waals surface area contributed by atoms with Crippen molar-refractivity contribution in [2.45, 2.75) is 20.3 Å². The van der Waals surface area contributed by atoms with Crippen molar-refractivity contribution in [1.82, 2.24) is 9.97 Å². The predicted molar refractivity (Wildman–Crippen MR) is 75.9 cm³/mol. The Morgan fingerprint density at radius 3 is 2.40 bits per heavy atom. The molecule has 0 radical (unpaired) electrons. The molecule has 0 amide bonds. The molecule has 6 heteroatoms. The van der Waals surface area contributed by atoms with Crippen LogP contribution in [0.3, 0.4) is 0 Å². The van der Waals surface area contributed by atoms with Crippen molar-refractivity contribution in [3.05, 3.63) is 45.4 Å². The van der Waals surface area contributed by atoms with Gasteiger partial charge in [-0.25, -0.2) is 14.4 Å². The number of hydrogen-bond acceptors (Lipinski definition) is 3. The largest absolute Gasteiger partial charge is 0.481 e. The molecule has 0 aliphatic heterocycles. The van der Waals surface area contributed by atoms with E-state index in [9.17, 15) is 9.18 Å². The van der Waals surface area contributed by atoms with Crippen molar-refractivity contribution in [2.24, 2.45) is 0 Å². The number of aromatic nitrogens is 2. The summed E-state index contributed by atoms with van der Waals surface area (Å²) in [5.41, 5.74) is 2.51. The average Bonchev–Trinajstić information content (AvgIpc) is 2.33. The smallest absolute Gasteiger partial charge is 0.307 e. The molecule has 0 atom stereocenters. The summed E-state index contributed by atoms with van der Waals surface area (Å²) in [7, 11) is 0. The van der Waals surface area contributed by atoms with Gasteiger partial charge in [-0.3, -0.25) is 4.79 Å². The Labute approximate surface area is 123 Å². The summed E-state index contributed by atoms with van der Waals surface area (Å²) in [4.78, 5) is 19.5. The molecule has 0 unspecified atom stereocenters. The molecule has 1 aromatic heterocycles. The van der Waals surface area contributed by atoms with E-state index >= 15 is 0 Å². The van der Waals surface area contributed by atoms with Crippen LogP contribution in [0.15, 0.2) is 22.7 Å². The Hall–Kier alpha value is -1.82. The predicted octanol–water partition coefficient (Wildman–Crippen LogP) is 3.29. The van der Waals surface area contributed by atoms with Gasteiger partial charge in [-0.15, -0.1) is 0 Å². The topological polar surface area (TPSA) is 63.1 Å². The fourth-order valence-electron chi connectivity index (χ4n) is 1.94. The van der Waals surface area contributed by atoms with Crippen LogP contribution in [0.1, 0.15) is 17.0 Å². The van der Waals surface area contributed by atoms with Crippen LogP contribution < -0.4 is 0 Å². The van der Waals surface area contributed by atoms with Crippen molar-refractivity contribution < 1.29 is 14.3 Å². The molecule has 1 N–H and O–H groups in total. The summed E-state index contributed by atoms with van der Waals surface area (Å²) < 4.78 is 13.7. The minimum atomic E-state index is -0.921. The number of carbonyl (C=O) groups is 1. The molecule has 0 saturated heterocycles. The first-order valence-corrected chi connectivity index (χ1v) is 6.69. The molecular weight excluding hydrogens is 327 g/mol. The van der Waals surface area contributed by atoms with E-state index in [0.717, 1.165) is 0 Å². The van der Waals surface area contributed by atoms with Gasteiger partial charge in [0, 0.05) is 27.0 Å². The molecule has 2 aromatic rings. The van der Waals surface area contributed by atoms with Crippen LogP contribution in [0.5, 0.6) is 0 Å². The van der Waals surface area contributed by atoms with Gasteiger partial charge in [-0.2, -0.15) is 0 Å². The van der Waals surface area contributed by atoms with Gasteiger partial charge in [-0.05, 0) is 48.0 Å².